The van der Waals surface area contributed by atoms with Crippen LogP contribution < -0.4 is 10.1 Å². The second-order valence-corrected chi connectivity index (χ2v) is 9.93. The summed E-state index contributed by atoms with van der Waals surface area (Å²) in [6.07, 6.45) is 13.1. The number of aromatic nitrogens is 2. The summed E-state index contributed by atoms with van der Waals surface area (Å²) in [7, 11) is 1.62. The maximum absolute atomic E-state index is 12.9. The number of hydrogen-bond donors (Lipinski definition) is 1. The normalized spacial score (nSPS) is 15.5. The Morgan fingerprint density at radius 1 is 1.09 bits per heavy atom. The molecule has 7 nitrogen and oxygen atoms in total. The Bertz CT molecular complexity index is 917. The molecule has 0 spiro atoms. The van der Waals surface area contributed by atoms with Crippen LogP contribution >= 0.6 is 11.3 Å². The maximum atomic E-state index is 12.9. The molecule has 1 aliphatic rings. The van der Waals surface area contributed by atoms with Crippen molar-refractivity contribution in [2.75, 3.05) is 19.0 Å². The van der Waals surface area contributed by atoms with E-state index in [-0.39, 0.29) is 11.8 Å². The number of ether oxygens (including phenoxy) is 1. The summed E-state index contributed by atoms with van der Waals surface area (Å²) >= 11 is 1.32. The van der Waals surface area contributed by atoms with Gasteiger partial charge in [0.2, 0.25) is 16.9 Å². The van der Waals surface area contributed by atoms with Gasteiger partial charge in [0.05, 0.1) is 7.11 Å². The second kappa shape index (κ2) is 14.0. The van der Waals surface area contributed by atoms with E-state index in [1.165, 1.54) is 56.3 Å². The van der Waals surface area contributed by atoms with Gasteiger partial charge in [-0.15, -0.1) is 10.2 Å². The quantitative estimate of drug-likeness (QED) is 0.328. The molecular formula is C26H38N4O3S. The zero-order valence-corrected chi connectivity index (χ0v) is 21.4. The lowest BCUT2D eigenvalue weighted by molar-refractivity contribution is -0.136. The first-order chi connectivity index (χ1) is 16.6. The van der Waals surface area contributed by atoms with E-state index in [0.29, 0.717) is 29.5 Å². The van der Waals surface area contributed by atoms with Gasteiger partial charge >= 0.3 is 0 Å². The lowest BCUT2D eigenvalue weighted by Crippen LogP contribution is -2.43. The van der Waals surface area contributed by atoms with Crippen LogP contribution in [-0.4, -0.2) is 46.6 Å². The number of hydrogen-bond acceptors (Lipinski definition) is 6. The number of likely N-dealkylation sites (tertiary alicyclic amines) is 1. The van der Waals surface area contributed by atoms with E-state index in [1.807, 2.05) is 24.3 Å². The Balaban J connectivity index is 1.42. The van der Waals surface area contributed by atoms with Crippen LogP contribution in [0.3, 0.4) is 0 Å². The molecule has 1 aliphatic heterocycles. The molecule has 0 unspecified atom stereocenters. The van der Waals surface area contributed by atoms with Gasteiger partial charge in [0.15, 0.2) is 0 Å². The summed E-state index contributed by atoms with van der Waals surface area (Å²) < 4.78 is 5.26. The summed E-state index contributed by atoms with van der Waals surface area (Å²) in [5.41, 5.74) is 0.885. The largest absolute Gasteiger partial charge is 0.497 e. The predicted molar refractivity (Wildman–Crippen MR) is 137 cm³/mol. The Hall–Kier alpha value is -2.48. The van der Waals surface area contributed by atoms with E-state index in [1.54, 1.807) is 12.0 Å². The SMILES string of the molecule is CCCCCCCCCCCC(=O)N1CCC[C@@H]1C(=O)Nc1nnc(-c2cccc(OC)c2)s1. The fourth-order valence-electron chi connectivity index (χ4n) is 4.40. The molecule has 0 aliphatic carbocycles. The van der Waals surface area contributed by atoms with Crippen molar-refractivity contribution in [2.24, 2.45) is 0 Å². The zero-order chi connectivity index (χ0) is 24.2. The highest BCUT2D eigenvalue weighted by Gasteiger charge is 2.34. The van der Waals surface area contributed by atoms with Crippen molar-refractivity contribution >= 4 is 28.3 Å². The van der Waals surface area contributed by atoms with Crippen LogP contribution in [0.4, 0.5) is 5.13 Å². The number of methoxy groups -OCH3 is 1. The third-order valence-corrected chi connectivity index (χ3v) is 7.23. The lowest BCUT2D eigenvalue weighted by atomic mass is 10.1. The average Bonchev–Trinajstić information content (AvgIpc) is 3.53. The number of nitrogens with zero attached hydrogens (tertiary/aromatic N) is 3. The number of unbranched alkanes of at least 4 members (excludes halogenated alkanes) is 8. The fraction of sp³-hybridized carbons (Fsp3) is 0.615. The standard InChI is InChI=1S/C26H38N4O3S/c1-3-4-5-6-7-8-9-10-11-17-23(31)30-18-13-16-22(30)24(32)27-26-29-28-25(34-26)20-14-12-15-21(19-20)33-2/h12,14-15,19,22H,3-11,13,16-18H2,1-2H3,(H,27,29,32)/t22-/m1/s1. The molecule has 34 heavy (non-hydrogen) atoms. The molecule has 1 saturated heterocycles. The van der Waals surface area contributed by atoms with E-state index < -0.39 is 6.04 Å². The van der Waals surface area contributed by atoms with Gasteiger partial charge in [0.25, 0.3) is 0 Å². The van der Waals surface area contributed by atoms with Crippen molar-refractivity contribution in [1.29, 1.82) is 0 Å². The van der Waals surface area contributed by atoms with Crippen LogP contribution in [0.5, 0.6) is 5.75 Å². The Morgan fingerprint density at radius 3 is 2.56 bits per heavy atom. The van der Waals surface area contributed by atoms with Crippen molar-refractivity contribution in [3.63, 3.8) is 0 Å². The molecular weight excluding hydrogens is 448 g/mol. The minimum Gasteiger partial charge on any atom is -0.497 e. The Morgan fingerprint density at radius 2 is 1.82 bits per heavy atom. The Kier molecular flexibility index (Phi) is 10.8. The number of carbonyl (C=O) groups excluding carboxylic acids is 2. The van der Waals surface area contributed by atoms with Crippen LogP contribution in [0, 0.1) is 0 Å². The number of anilines is 1. The van der Waals surface area contributed by atoms with E-state index in [9.17, 15) is 9.59 Å². The highest BCUT2D eigenvalue weighted by atomic mass is 32.1. The Labute approximate surface area is 207 Å². The van der Waals surface area contributed by atoms with Crippen LogP contribution in [0.2, 0.25) is 0 Å². The molecule has 1 aromatic carbocycles. The van der Waals surface area contributed by atoms with Gasteiger partial charge in [0.1, 0.15) is 16.8 Å². The van der Waals surface area contributed by atoms with Crippen molar-refractivity contribution in [2.45, 2.75) is 90.0 Å². The molecule has 2 amide bonds. The van der Waals surface area contributed by atoms with Crippen molar-refractivity contribution in [3.8, 4) is 16.3 Å². The molecule has 0 saturated carbocycles. The first-order valence-electron chi connectivity index (χ1n) is 12.7. The number of nitrogens with one attached hydrogen (secondary N) is 1. The van der Waals surface area contributed by atoms with Crippen LogP contribution in [-0.2, 0) is 9.59 Å². The minimum absolute atomic E-state index is 0.0925. The molecule has 1 fully saturated rings. The van der Waals surface area contributed by atoms with Crippen LogP contribution in [0.25, 0.3) is 10.6 Å². The van der Waals surface area contributed by atoms with Crippen molar-refractivity contribution in [3.05, 3.63) is 24.3 Å². The molecule has 1 aromatic heterocycles. The van der Waals surface area contributed by atoms with Gasteiger partial charge in [-0.2, -0.15) is 0 Å². The third kappa shape index (κ3) is 7.79. The summed E-state index contributed by atoms with van der Waals surface area (Å²) in [4.78, 5) is 27.4. The monoisotopic (exact) mass is 486 g/mol. The van der Waals surface area contributed by atoms with Gasteiger partial charge in [-0.25, -0.2) is 0 Å². The second-order valence-electron chi connectivity index (χ2n) is 8.96. The zero-order valence-electron chi connectivity index (χ0n) is 20.6. The first-order valence-corrected chi connectivity index (χ1v) is 13.5. The van der Waals surface area contributed by atoms with Crippen LogP contribution in [0.1, 0.15) is 84.0 Å². The fourth-order valence-corrected chi connectivity index (χ4v) is 5.15. The minimum atomic E-state index is -0.421. The molecule has 2 aromatic rings. The molecule has 1 N–H and O–H groups in total. The highest BCUT2D eigenvalue weighted by Crippen LogP contribution is 2.29. The first kappa shape index (κ1) is 26.1. The molecule has 3 rings (SSSR count). The topological polar surface area (TPSA) is 84.4 Å². The van der Waals surface area contributed by atoms with E-state index in [4.69, 9.17) is 4.74 Å². The van der Waals surface area contributed by atoms with E-state index >= 15 is 0 Å². The van der Waals surface area contributed by atoms with Gasteiger partial charge in [-0.3, -0.25) is 14.9 Å². The number of amides is 2. The number of rotatable bonds is 14. The van der Waals surface area contributed by atoms with Gasteiger partial charge in [-0.05, 0) is 31.4 Å². The summed E-state index contributed by atoms with van der Waals surface area (Å²) in [5, 5.41) is 12.3. The molecule has 8 heteroatoms. The third-order valence-electron chi connectivity index (χ3n) is 6.34. The smallest absolute Gasteiger partial charge is 0.249 e. The summed E-state index contributed by atoms with van der Waals surface area (Å²) in [5.74, 6) is 0.659. The average molecular weight is 487 g/mol. The van der Waals surface area contributed by atoms with Crippen molar-refractivity contribution in [1.82, 2.24) is 15.1 Å². The van der Waals surface area contributed by atoms with E-state index in [0.717, 1.165) is 30.6 Å². The molecule has 186 valence electrons. The maximum Gasteiger partial charge on any atom is 0.249 e. The highest BCUT2D eigenvalue weighted by molar-refractivity contribution is 7.18. The molecule has 0 radical (unpaired) electrons. The van der Waals surface area contributed by atoms with Gasteiger partial charge in [0, 0.05) is 18.5 Å². The summed E-state index contributed by atoms with van der Waals surface area (Å²) in [6, 6.07) is 7.15. The van der Waals surface area contributed by atoms with E-state index in [2.05, 4.69) is 22.4 Å². The predicted octanol–water partition coefficient (Wildman–Crippen LogP) is 6.06. The molecule has 1 atom stereocenters. The van der Waals surface area contributed by atoms with Crippen LogP contribution in [0.15, 0.2) is 24.3 Å². The number of benzene rings is 1. The molecule has 0 bridgehead atoms. The summed E-state index contributed by atoms with van der Waals surface area (Å²) in [6.45, 7) is 2.89. The van der Waals surface area contributed by atoms with Gasteiger partial charge in [-0.1, -0.05) is 81.8 Å². The lowest BCUT2D eigenvalue weighted by Gasteiger charge is -2.23. The number of carbonyl (C=O) groups is 2. The van der Waals surface area contributed by atoms with Gasteiger partial charge < -0.3 is 9.64 Å². The van der Waals surface area contributed by atoms with Crippen molar-refractivity contribution < 1.29 is 14.3 Å². The molecule has 2 heterocycles.